The number of aryl methyl sites for hydroxylation is 1. The molecule has 8 heteroatoms. The molecule has 7 nitrogen and oxygen atoms in total. The Bertz CT molecular complexity index is 1080. The number of hydrogen-bond acceptors (Lipinski definition) is 4. The average molecular weight is 370 g/mol. The largest absolute Gasteiger partial charge is 0.350 e. The Morgan fingerprint density at radius 3 is 2.50 bits per heavy atom. The molecule has 0 saturated carbocycles. The lowest BCUT2D eigenvalue weighted by atomic mass is 10.2. The van der Waals surface area contributed by atoms with E-state index in [4.69, 9.17) is 0 Å². The Balaban J connectivity index is 1.77. The maximum atomic E-state index is 12.3. The Labute approximate surface area is 151 Å². The van der Waals surface area contributed by atoms with Gasteiger partial charge in [-0.15, -0.1) is 0 Å². The Morgan fingerprint density at radius 1 is 1.12 bits per heavy atom. The van der Waals surface area contributed by atoms with Crippen LogP contribution in [0, 0.1) is 0 Å². The third-order valence-corrected chi connectivity index (χ3v) is 5.03. The molecule has 0 aliphatic heterocycles. The highest BCUT2D eigenvalue weighted by Gasteiger charge is 2.12. The zero-order valence-electron chi connectivity index (χ0n) is 14.3. The predicted octanol–water partition coefficient (Wildman–Crippen LogP) is 2.45. The molecule has 0 bridgehead atoms. The van der Waals surface area contributed by atoms with Crippen molar-refractivity contribution >= 4 is 38.7 Å². The third-order valence-electron chi connectivity index (χ3n) is 3.79. The van der Waals surface area contributed by atoms with Crippen LogP contribution in [0.5, 0.6) is 0 Å². The van der Waals surface area contributed by atoms with E-state index in [-0.39, 0.29) is 10.8 Å². The number of anilines is 1. The van der Waals surface area contributed by atoms with E-state index in [1.165, 1.54) is 37.4 Å². The summed E-state index contributed by atoms with van der Waals surface area (Å²) in [7, 11) is -1.87. The van der Waals surface area contributed by atoms with Crippen LogP contribution < -0.4 is 10.1 Å². The number of benzene rings is 2. The summed E-state index contributed by atoms with van der Waals surface area (Å²) in [5.74, 6) is -0.224. The van der Waals surface area contributed by atoms with Gasteiger partial charge in [0.05, 0.1) is 11.1 Å². The van der Waals surface area contributed by atoms with Gasteiger partial charge in [-0.25, -0.2) is 4.83 Å². The number of carbonyl (C=O) groups excluding carboxylic acids is 1. The van der Waals surface area contributed by atoms with Gasteiger partial charge in [-0.05, 0) is 30.3 Å². The second-order valence-electron chi connectivity index (χ2n) is 5.77. The normalized spacial score (nSPS) is 11.8. The van der Waals surface area contributed by atoms with Gasteiger partial charge in [-0.3, -0.25) is 4.79 Å². The van der Waals surface area contributed by atoms with E-state index in [0.717, 1.165) is 16.5 Å². The minimum atomic E-state index is -3.79. The first-order valence-corrected chi connectivity index (χ1v) is 9.32. The molecule has 0 atom stereocenters. The minimum absolute atomic E-state index is 0.0571. The quantitative estimate of drug-likeness (QED) is 0.534. The first kappa shape index (κ1) is 17.7. The summed E-state index contributed by atoms with van der Waals surface area (Å²) < 4.78 is 26.6. The third kappa shape index (κ3) is 3.75. The monoisotopic (exact) mass is 370 g/mol. The zero-order chi connectivity index (χ0) is 18.7. The van der Waals surface area contributed by atoms with Gasteiger partial charge in [-0.2, -0.15) is 13.5 Å². The first-order chi connectivity index (χ1) is 12.4. The predicted molar refractivity (Wildman–Crippen MR) is 102 cm³/mol. The van der Waals surface area contributed by atoms with Crippen molar-refractivity contribution < 1.29 is 13.2 Å². The number of aromatic nitrogens is 1. The van der Waals surface area contributed by atoms with E-state index < -0.39 is 10.0 Å². The van der Waals surface area contributed by atoms with Gasteiger partial charge in [-0.1, -0.05) is 18.2 Å². The van der Waals surface area contributed by atoms with Crippen LogP contribution in [0.15, 0.2) is 64.7 Å². The van der Waals surface area contributed by atoms with Crippen LogP contribution in [-0.2, 0) is 21.9 Å². The lowest BCUT2D eigenvalue weighted by Crippen LogP contribution is -2.18. The molecular weight excluding hydrogens is 352 g/mol. The molecule has 0 saturated heterocycles. The highest BCUT2D eigenvalue weighted by molar-refractivity contribution is 7.89. The number of sulfonamides is 1. The van der Waals surface area contributed by atoms with Crippen LogP contribution in [0.3, 0.4) is 0 Å². The van der Waals surface area contributed by atoms with Crippen molar-refractivity contribution in [3.8, 4) is 0 Å². The van der Waals surface area contributed by atoms with Crippen molar-refractivity contribution in [1.29, 1.82) is 0 Å². The fraction of sp³-hybridized carbons (Fsp3) is 0.111. The van der Waals surface area contributed by atoms with Crippen molar-refractivity contribution in [2.24, 2.45) is 12.1 Å². The van der Waals surface area contributed by atoms with Crippen LogP contribution in [0.1, 0.15) is 12.5 Å². The number of amides is 1. The smallest absolute Gasteiger partial charge is 0.276 e. The summed E-state index contributed by atoms with van der Waals surface area (Å²) in [4.78, 5) is 13.3. The SMILES string of the molecule is CC(=O)Nc1ccc(S(=O)(=O)N/N=C/c2cn(C)c3ccccc23)cc1. The second-order valence-corrected chi connectivity index (χ2v) is 7.43. The Morgan fingerprint density at radius 2 is 1.81 bits per heavy atom. The van der Waals surface area contributed by atoms with Gasteiger partial charge in [0.2, 0.25) is 5.91 Å². The topological polar surface area (TPSA) is 92.6 Å². The number of para-hydroxylation sites is 1. The molecule has 0 unspecified atom stereocenters. The molecular formula is C18H18N4O3S. The van der Waals surface area contributed by atoms with E-state index in [0.29, 0.717) is 5.69 Å². The lowest BCUT2D eigenvalue weighted by Gasteiger charge is -2.05. The number of nitrogens with zero attached hydrogens (tertiary/aromatic N) is 2. The number of rotatable bonds is 5. The maximum absolute atomic E-state index is 12.3. The molecule has 0 spiro atoms. The molecule has 0 radical (unpaired) electrons. The van der Waals surface area contributed by atoms with Gasteiger partial charge < -0.3 is 9.88 Å². The van der Waals surface area contributed by atoms with Crippen molar-refractivity contribution in [3.05, 3.63) is 60.3 Å². The number of fused-ring (bicyclic) bond motifs is 1. The summed E-state index contributed by atoms with van der Waals surface area (Å²) in [6.07, 6.45) is 3.36. The molecule has 3 aromatic rings. The van der Waals surface area contributed by atoms with Crippen molar-refractivity contribution in [2.75, 3.05) is 5.32 Å². The molecule has 3 rings (SSSR count). The van der Waals surface area contributed by atoms with E-state index in [1.54, 1.807) is 0 Å². The van der Waals surface area contributed by atoms with Gasteiger partial charge >= 0.3 is 0 Å². The average Bonchev–Trinajstić information content (AvgIpc) is 2.91. The highest BCUT2D eigenvalue weighted by Crippen LogP contribution is 2.18. The fourth-order valence-electron chi connectivity index (χ4n) is 2.61. The molecule has 1 aromatic heterocycles. The molecule has 0 aliphatic carbocycles. The van der Waals surface area contributed by atoms with E-state index >= 15 is 0 Å². The van der Waals surface area contributed by atoms with Gasteiger partial charge in [0.1, 0.15) is 0 Å². The van der Waals surface area contributed by atoms with Crippen LogP contribution >= 0.6 is 0 Å². The standard InChI is InChI=1S/C18H18N4O3S/c1-13(23)20-15-7-9-16(10-8-15)26(24,25)21-19-11-14-12-22(2)18-6-4-3-5-17(14)18/h3-12,21H,1-2H3,(H,20,23)/b19-11+. The molecule has 0 aliphatic rings. The molecule has 1 amide bonds. The maximum Gasteiger partial charge on any atom is 0.276 e. The molecule has 26 heavy (non-hydrogen) atoms. The van der Waals surface area contributed by atoms with E-state index in [2.05, 4.69) is 15.2 Å². The van der Waals surface area contributed by atoms with Gasteiger partial charge in [0, 0.05) is 42.3 Å². The summed E-state index contributed by atoms with van der Waals surface area (Å²) in [6, 6.07) is 13.6. The lowest BCUT2D eigenvalue weighted by molar-refractivity contribution is -0.114. The molecule has 0 fully saturated rings. The second kappa shape index (κ2) is 7.01. The number of hydrazone groups is 1. The molecule has 134 valence electrons. The number of hydrogen-bond donors (Lipinski definition) is 2. The van der Waals surface area contributed by atoms with E-state index in [1.807, 2.05) is 42.1 Å². The van der Waals surface area contributed by atoms with Crippen LogP contribution in [0.25, 0.3) is 10.9 Å². The Kier molecular flexibility index (Phi) is 4.77. The summed E-state index contributed by atoms with van der Waals surface area (Å²) in [5, 5.41) is 7.44. The Hall–Kier alpha value is -3.13. The molecule has 2 N–H and O–H groups in total. The number of nitrogens with one attached hydrogen (secondary N) is 2. The minimum Gasteiger partial charge on any atom is -0.350 e. The van der Waals surface area contributed by atoms with Crippen LogP contribution in [0.4, 0.5) is 5.69 Å². The highest BCUT2D eigenvalue weighted by atomic mass is 32.2. The summed E-state index contributed by atoms with van der Waals surface area (Å²) in [5.41, 5.74) is 2.37. The summed E-state index contributed by atoms with van der Waals surface area (Å²) >= 11 is 0. The summed E-state index contributed by atoms with van der Waals surface area (Å²) in [6.45, 7) is 1.38. The zero-order valence-corrected chi connectivity index (χ0v) is 15.1. The fourth-order valence-corrected chi connectivity index (χ4v) is 3.41. The van der Waals surface area contributed by atoms with E-state index in [9.17, 15) is 13.2 Å². The molecule has 1 heterocycles. The number of carbonyl (C=O) groups is 1. The van der Waals surface area contributed by atoms with Gasteiger partial charge in [0.15, 0.2) is 0 Å². The van der Waals surface area contributed by atoms with Crippen molar-refractivity contribution in [2.45, 2.75) is 11.8 Å². The first-order valence-electron chi connectivity index (χ1n) is 7.83. The molecule has 2 aromatic carbocycles. The van der Waals surface area contributed by atoms with Gasteiger partial charge in [0.25, 0.3) is 10.0 Å². The van der Waals surface area contributed by atoms with Crippen LogP contribution in [-0.4, -0.2) is 25.1 Å². The van der Waals surface area contributed by atoms with Crippen molar-refractivity contribution in [3.63, 3.8) is 0 Å². The van der Waals surface area contributed by atoms with Crippen molar-refractivity contribution in [1.82, 2.24) is 9.40 Å². The van der Waals surface area contributed by atoms with Crippen LogP contribution in [0.2, 0.25) is 0 Å².